The normalized spacial score (nSPS) is 12.9. The van der Waals surface area contributed by atoms with Gasteiger partial charge >= 0.3 is 0 Å². The van der Waals surface area contributed by atoms with Gasteiger partial charge in [-0.05, 0) is 55.5 Å². The predicted octanol–water partition coefficient (Wildman–Crippen LogP) is -0.0480. The zero-order valence-electron chi connectivity index (χ0n) is 27.6. The van der Waals surface area contributed by atoms with Crippen molar-refractivity contribution in [2.45, 2.75) is 23.6 Å². The first kappa shape index (κ1) is 35.6. The molecule has 2 aromatic heterocycles. The summed E-state index contributed by atoms with van der Waals surface area (Å²) in [7, 11) is -7.43. The number of anilines is 2. The van der Waals surface area contributed by atoms with Gasteiger partial charge in [0, 0.05) is 14.1 Å². The molecule has 0 bridgehead atoms. The third-order valence-corrected chi connectivity index (χ3v) is 10.2. The van der Waals surface area contributed by atoms with E-state index in [4.69, 9.17) is 0 Å². The van der Waals surface area contributed by atoms with E-state index in [1.807, 2.05) is 0 Å². The van der Waals surface area contributed by atoms with Crippen molar-refractivity contribution in [2.24, 2.45) is 24.3 Å². The Kier molecular flexibility index (Phi) is 8.79. The van der Waals surface area contributed by atoms with Crippen LogP contribution in [-0.4, -0.2) is 44.7 Å². The first-order valence-electron chi connectivity index (χ1n) is 15.0. The van der Waals surface area contributed by atoms with Crippen LogP contribution in [0.5, 0.6) is 0 Å². The van der Waals surface area contributed by atoms with Crippen LogP contribution in [-0.2, 0) is 34.3 Å². The maximum absolute atomic E-state index is 13.9. The summed E-state index contributed by atoms with van der Waals surface area (Å²) in [4.78, 5) is 52.2. The summed E-state index contributed by atoms with van der Waals surface area (Å²) in [6, 6.07) is 18.1. The Balaban J connectivity index is 1.60. The molecule has 2 aromatic carbocycles. The molecule has 52 heavy (non-hydrogen) atoms. The van der Waals surface area contributed by atoms with Gasteiger partial charge < -0.3 is 0 Å². The lowest BCUT2D eigenvalue weighted by Crippen LogP contribution is -2.41. The molecule has 0 unspecified atom stereocenters. The fourth-order valence-corrected chi connectivity index (χ4v) is 6.97. The van der Waals surface area contributed by atoms with Crippen LogP contribution in [0.2, 0.25) is 0 Å². The summed E-state index contributed by atoms with van der Waals surface area (Å²) < 4.78 is 75.5. The van der Waals surface area contributed by atoms with Crippen LogP contribution in [0.4, 0.5) is 11.4 Å². The summed E-state index contributed by atoms with van der Waals surface area (Å²) in [5.74, 6) is 0. The average Bonchev–Trinajstić information content (AvgIpc) is 3.43. The van der Waals surface area contributed by atoms with Gasteiger partial charge in [0.1, 0.15) is 21.2 Å². The van der Waals surface area contributed by atoms with Crippen LogP contribution < -0.4 is 43.5 Å². The molecule has 0 saturated heterocycles. The van der Waals surface area contributed by atoms with E-state index in [-0.39, 0.29) is 11.4 Å². The van der Waals surface area contributed by atoms with Crippen molar-refractivity contribution in [1.29, 1.82) is 0 Å². The van der Waals surface area contributed by atoms with Gasteiger partial charge in [-0.2, -0.15) is 27.0 Å². The first-order chi connectivity index (χ1) is 24.4. The van der Waals surface area contributed by atoms with Gasteiger partial charge in [-0.25, -0.2) is 9.36 Å². The smallest absolute Gasteiger partial charge is 0.287 e. The van der Waals surface area contributed by atoms with Crippen LogP contribution >= 0.6 is 0 Å². The molecule has 0 saturated carbocycles. The van der Waals surface area contributed by atoms with E-state index in [1.165, 1.54) is 32.6 Å². The maximum atomic E-state index is 13.9. The first-order valence-corrected chi connectivity index (χ1v) is 17.9. The van der Waals surface area contributed by atoms with Crippen LogP contribution in [0.25, 0.3) is 11.4 Å². The van der Waals surface area contributed by atoms with Crippen molar-refractivity contribution in [2.75, 3.05) is 10.9 Å². The van der Waals surface area contributed by atoms with Crippen LogP contribution in [0.3, 0.4) is 0 Å². The Hall–Kier alpha value is -6.22. The Morgan fingerprint density at radius 1 is 0.596 bits per heavy atom. The Morgan fingerprint density at radius 2 is 0.942 bits per heavy atom. The van der Waals surface area contributed by atoms with Crippen molar-refractivity contribution < 1.29 is 25.9 Å². The van der Waals surface area contributed by atoms with E-state index in [0.29, 0.717) is 34.9 Å². The molecule has 0 fully saturated rings. The Bertz CT molecular complexity index is 2880. The standard InChI is InChI=1S/C32H28N8O10S2/c1-17-25(31(43)39(37(17)3)20-11-7-5-8-12-20)33-35-27-22(51(45,46)47)15-19-16-23(52(48,49)50)28(30(42)24(19)29(27)41)36-34-26-18(2)38(4)40(32(26)44)21-13-9-6-10-14-21/h5-16,33-34H,1-4H3,(H,45,46,47)(H,48,49,50)/b35-27-,36-28+. The molecule has 4 N–H and O–H groups in total. The lowest BCUT2D eigenvalue weighted by Gasteiger charge is -2.07. The minimum atomic E-state index is -5.28. The molecule has 0 amide bonds. The highest BCUT2D eigenvalue weighted by Crippen LogP contribution is 2.16. The number of para-hydroxylation sites is 2. The van der Waals surface area contributed by atoms with E-state index < -0.39 is 73.2 Å². The molecule has 2 aliphatic rings. The predicted molar refractivity (Wildman–Crippen MR) is 186 cm³/mol. The minimum Gasteiger partial charge on any atom is -0.287 e. The van der Waals surface area contributed by atoms with Crippen molar-refractivity contribution >= 4 is 31.6 Å². The number of nitrogens with zero attached hydrogens (tertiary/aromatic N) is 6. The molecule has 0 spiro atoms. The summed E-state index contributed by atoms with van der Waals surface area (Å²) in [6.45, 7) is 3.08. The topological polar surface area (TPSA) is 246 Å². The molecule has 268 valence electrons. The fraction of sp³-hybridized carbons (Fsp3) is 0.125. The zero-order chi connectivity index (χ0) is 37.9. The highest BCUT2D eigenvalue weighted by Gasteiger charge is 2.24. The third-order valence-electron chi connectivity index (χ3n) is 8.44. The Labute approximate surface area is 292 Å². The molecule has 0 aliphatic heterocycles. The SMILES string of the molecule is Cc1c(N/N=c2\c(S(=O)(=O)O)cc3cc(S(=O)(=O)O)/c(=N/Nc4c(C)n(C)n(-c5ccccc5)c4=O)c(=O)c=3c2=O)c(=O)n(-c2ccccc2)n1C. The minimum absolute atomic E-state index is 0.185. The summed E-state index contributed by atoms with van der Waals surface area (Å²) in [6.07, 6.45) is 0. The third kappa shape index (κ3) is 5.98. The molecular formula is C32H28N8O10S2. The molecule has 2 aliphatic carbocycles. The molecule has 18 nitrogen and oxygen atoms in total. The molecule has 0 atom stereocenters. The van der Waals surface area contributed by atoms with Crippen LogP contribution in [0.15, 0.2) is 112 Å². The van der Waals surface area contributed by atoms with E-state index in [0.717, 1.165) is 0 Å². The van der Waals surface area contributed by atoms with E-state index in [9.17, 15) is 45.1 Å². The monoisotopic (exact) mass is 748 g/mol. The highest BCUT2D eigenvalue weighted by molar-refractivity contribution is 7.86. The Morgan fingerprint density at radius 3 is 1.27 bits per heavy atom. The van der Waals surface area contributed by atoms with Crippen molar-refractivity contribution in [3.05, 3.63) is 146 Å². The van der Waals surface area contributed by atoms with E-state index in [1.54, 1.807) is 74.8 Å². The molecule has 6 rings (SSSR count). The largest absolute Gasteiger partial charge is 0.296 e. The second-order valence-corrected chi connectivity index (χ2v) is 14.3. The van der Waals surface area contributed by atoms with Crippen molar-refractivity contribution in [3.8, 4) is 11.4 Å². The summed E-state index contributed by atoms with van der Waals surface area (Å²) in [5, 5.41) is 4.17. The highest BCUT2D eigenvalue weighted by atomic mass is 32.2. The lowest BCUT2D eigenvalue weighted by molar-refractivity contribution is 0.480. The van der Waals surface area contributed by atoms with Gasteiger partial charge in [-0.15, -0.1) is 0 Å². The number of hydrogen-bond acceptors (Lipinski definition) is 12. The van der Waals surface area contributed by atoms with Crippen molar-refractivity contribution in [1.82, 2.24) is 18.7 Å². The van der Waals surface area contributed by atoms with Crippen LogP contribution in [0, 0.1) is 24.3 Å². The molecule has 4 aromatic rings. The van der Waals surface area contributed by atoms with Crippen LogP contribution in [0.1, 0.15) is 11.4 Å². The van der Waals surface area contributed by atoms with Gasteiger partial charge in [0.05, 0.1) is 28.0 Å². The molecular weight excluding hydrogens is 721 g/mol. The lowest BCUT2D eigenvalue weighted by atomic mass is 10.1. The number of benzene rings is 2. The van der Waals surface area contributed by atoms with E-state index >= 15 is 0 Å². The van der Waals surface area contributed by atoms with E-state index in [2.05, 4.69) is 21.1 Å². The summed E-state index contributed by atoms with van der Waals surface area (Å²) in [5.41, 5.74) is 1.84. The van der Waals surface area contributed by atoms with Gasteiger partial charge in [0.2, 0.25) is 10.9 Å². The number of rotatable bonds is 8. The van der Waals surface area contributed by atoms with Crippen molar-refractivity contribution in [3.63, 3.8) is 0 Å². The van der Waals surface area contributed by atoms with Gasteiger partial charge in [0.15, 0.2) is 10.7 Å². The number of hydrogen-bond donors (Lipinski definition) is 4. The second-order valence-electron chi connectivity index (χ2n) is 11.5. The number of aromatic nitrogens is 4. The quantitative estimate of drug-likeness (QED) is 0.118. The molecule has 2 heterocycles. The average molecular weight is 749 g/mol. The zero-order valence-corrected chi connectivity index (χ0v) is 29.2. The molecule has 20 heteroatoms. The summed E-state index contributed by atoms with van der Waals surface area (Å²) >= 11 is 0. The van der Waals surface area contributed by atoms with Gasteiger partial charge in [-0.3, -0.25) is 48.5 Å². The second kappa shape index (κ2) is 12.8. The molecule has 0 radical (unpaired) electrons. The van der Waals surface area contributed by atoms with Gasteiger partial charge in [0.25, 0.3) is 31.4 Å². The fourth-order valence-electron chi connectivity index (χ4n) is 5.65. The number of nitrogens with one attached hydrogen (secondary N) is 2. The maximum Gasteiger partial charge on any atom is 0.296 e. The van der Waals surface area contributed by atoms with Gasteiger partial charge in [-0.1, -0.05) is 36.4 Å².